The van der Waals surface area contributed by atoms with Crippen molar-refractivity contribution in [1.82, 2.24) is 4.98 Å². The maximum absolute atomic E-state index is 12.6. The van der Waals surface area contributed by atoms with Gasteiger partial charge in [-0.2, -0.15) is 0 Å². The number of fused-ring (bicyclic) bond motifs is 1. The van der Waals surface area contributed by atoms with Crippen LogP contribution in [0.1, 0.15) is 36.5 Å². The van der Waals surface area contributed by atoms with E-state index in [0.29, 0.717) is 16.9 Å². The Morgan fingerprint density at radius 1 is 1.40 bits per heavy atom. The third-order valence-corrected chi connectivity index (χ3v) is 4.34. The molecule has 0 saturated heterocycles. The minimum atomic E-state index is -0.432. The van der Waals surface area contributed by atoms with E-state index in [4.69, 9.17) is 0 Å². The van der Waals surface area contributed by atoms with Crippen LogP contribution in [0.2, 0.25) is 0 Å². The standard InChI is InChI=1S/C15H16N2O3/c1-9-3-2-4-11(9)15(18)13-8-16-14-6-5-10(17(19)20)7-12(13)14/h5-9,11,16H,2-4H2,1H3. The summed E-state index contributed by atoms with van der Waals surface area (Å²) >= 11 is 0. The summed E-state index contributed by atoms with van der Waals surface area (Å²) < 4.78 is 0. The molecule has 20 heavy (non-hydrogen) atoms. The van der Waals surface area contributed by atoms with Crippen molar-refractivity contribution in [3.05, 3.63) is 40.1 Å². The van der Waals surface area contributed by atoms with Gasteiger partial charge in [-0.1, -0.05) is 13.3 Å². The molecule has 1 aromatic carbocycles. The second-order valence-corrected chi connectivity index (χ2v) is 5.57. The van der Waals surface area contributed by atoms with Crippen molar-refractivity contribution < 1.29 is 9.72 Å². The van der Waals surface area contributed by atoms with Crippen LogP contribution in [0.15, 0.2) is 24.4 Å². The topological polar surface area (TPSA) is 76.0 Å². The number of H-pyrrole nitrogens is 1. The van der Waals surface area contributed by atoms with Crippen LogP contribution in [-0.4, -0.2) is 15.7 Å². The van der Waals surface area contributed by atoms with E-state index in [1.165, 1.54) is 12.1 Å². The van der Waals surface area contributed by atoms with E-state index in [-0.39, 0.29) is 17.4 Å². The predicted molar refractivity (Wildman–Crippen MR) is 75.8 cm³/mol. The van der Waals surface area contributed by atoms with E-state index in [1.54, 1.807) is 12.3 Å². The Morgan fingerprint density at radius 3 is 2.85 bits per heavy atom. The Morgan fingerprint density at radius 2 is 2.20 bits per heavy atom. The van der Waals surface area contributed by atoms with Gasteiger partial charge in [-0.15, -0.1) is 0 Å². The lowest BCUT2D eigenvalue weighted by atomic mass is 9.89. The third-order valence-electron chi connectivity index (χ3n) is 4.34. The van der Waals surface area contributed by atoms with Gasteiger partial charge < -0.3 is 4.98 Å². The number of aromatic amines is 1. The summed E-state index contributed by atoms with van der Waals surface area (Å²) in [6.45, 7) is 2.10. The molecule has 1 N–H and O–H groups in total. The van der Waals surface area contributed by atoms with Gasteiger partial charge in [0.25, 0.3) is 5.69 Å². The van der Waals surface area contributed by atoms with Crippen molar-refractivity contribution in [3.63, 3.8) is 0 Å². The van der Waals surface area contributed by atoms with Gasteiger partial charge in [0.1, 0.15) is 0 Å². The van der Waals surface area contributed by atoms with Gasteiger partial charge in [0.15, 0.2) is 5.78 Å². The van der Waals surface area contributed by atoms with Crippen LogP contribution >= 0.6 is 0 Å². The summed E-state index contributed by atoms with van der Waals surface area (Å²) in [5, 5.41) is 11.5. The Labute approximate surface area is 116 Å². The molecule has 1 aromatic heterocycles. The molecule has 0 radical (unpaired) electrons. The van der Waals surface area contributed by atoms with Gasteiger partial charge in [0.05, 0.1) is 4.92 Å². The van der Waals surface area contributed by atoms with Crippen LogP contribution in [0.5, 0.6) is 0 Å². The first-order valence-electron chi connectivity index (χ1n) is 6.87. The minimum absolute atomic E-state index is 0.0191. The number of nitro groups is 1. The summed E-state index contributed by atoms with van der Waals surface area (Å²) in [5.41, 5.74) is 1.37. The van der Waals surface area contributed by atoms with Crippen LogP contribution in [0.25, 0.3) is 10.9 Å². The predicted octanol–water partition coefficient (Wildman–Crippen LogP) is 3.70. The van der Waals surface area contributed by atoms with Crippen LogP contribution in [0.4, 0.5) is 5.69 Å². The monoisotopic (exact) mass is 272 g/mol. The number of Topliss-reactive ketones (excluding diaryl/α,β-unsaturated/α-hetero) is 1. The Kier molecular flexibility index (Phi) is 3.04. The number of nitrogens with zero attached hydrogens (tertiary/aromatic N) is 1. The molecule has 1 heterocycles. The third kappa shape index (κ3) is 1.99. The van der Waals surface area contributed by atoms with Gasteiger partial charge in [-0.25, -0.2) is 0 Å². The highest BCUT2D eigenvalue weighted by Crippen LogP contribution is 2.35. The molecule has 1 aliphatic carbocycles. The molecule has 1 saturated carbocycles. The molecule has 2 unspecified atom stereocenters. The van der Waals surface area contributed by atoms with E-state index in [1.807, 2.05) is 0 Å². The zero-order valence-corrected chi connectivity index (χ0v) is 11.3. The lowest BCUT2D eigenvalue weighted by Gasteiger charge is -2.13. The van der Waals surface area contributed by atoms with Crippen LogP contribution in [-0.2, 0) is 0 Å². The van der Waals surface area contributed by atoms with Gasteiger partial charge in [-0.05, 0) is 24.8 Å². The summed E-state index contributed by atoms with van der Waals surface area (Å²) in [5.74, 6) is 0.557. The number of ketones is 1. The molecular weight excluding hydrogens is 256 g/mol. The molecule has 0 aliphatic heterocycles. The summed E-state index contributed by atoms with van der Waals surface area (Å²) in [6.07, 6.45) is 4.77. The number of non-ortho nitro benzene ring substituents is 1. The number of hydrogen-bond acceptors (Lipinski definition) is 3. The normalized spacial score (nSPS) is 22.2. The van der Waals surface area contributed by atoms with E-state index in [9.17, 15) is 14.9 Å². The van der Waals surface area contributed by atoms with Crippen molar-refractivity contribution in [2.45, 2.75) is 26.2 Å². The number of benzene rings is 1. The molecule has 1 fully saturated rings. The van der Waals surface area contributed by atoms with Crippen molar-refractivity contribution >= 4 is 22.4 Å². The first-order chi connectivity index (χ1) is 9.58. The average molecular weight is 272 g/mol. The molecule has 3 rings (SSSR count). The van der Waals surface area contributed by atoms with Gasteiger partial charge in [-0.3, -0.25) is 14.9 Å². The molecule has 5 heteroatoms. The first kappa shape index (κ1) is 12.8. The number of hydrogen-bond donors (Lipinski definition) is 1. The number of nitro benzene ring substituents is 1. The Balaban J connectivity index is 2.04. The fourth-order valence-electron chi connectivity index (χ4n) is 3.16. The SMILES string of the molecule is CC1CCCC1C(=O)c1c[nH]c2ccc([N+](=O)[O-])cc12. The maximum atomic E-state index is 12.6. The van der Waals surface area contributed by atoms with Crippen molar-refractivity contribution in [2.24, 2.45) is 11.8 Å². The average Bonchev–Trinajstić information content (AvgIpc) is 3.03. The van der Waals surface area contributed by atoms with E-state index in [0.717, 1.165) is 24.8 Å². The van der Waals surface area contributed by atoms with Gasteiger partial charge >= 0.3 is 0 Å². The summed E-state index contributed by atoms with van der Waals surface area (Å²) in [4.78, 5) is 26.1. The largest absolute Gasteiger partial charge is 0.360 e. The summed E-state index contributed by atoms with van der Waals surface area (Å²) in [7, 11) is 0. The molecule has 2 atom stereocenters. The lowest BCUT2D eigenvalue weighted by Crippen LogP contribution is -2.16. The maximum Gasteiger partial charge on any atom is 0.270 e. The van der Waals surface area contributed by atoms with Crippen LogP contribution in [0.3, 0.4) is 0 Å². The van der Waals surface area contributed by atoms with E-state index >= 15 is 0 Å². The number of nitrogens with one attached hydrogen (secondary N) is 1. The Hall–Kier alpha value is -2.17. The minimum Gasteiger partial charge on any atom is -0.360 e. The van der Waals surface area contributed by atoms with Crippen LogP contribution < -0.4 is 0 Å². The highest BCUT2D eigenvalue weighted by Gasteiger charge is 2.31. The van der Waals surface area contributed by atoms with Gasteiger partial charge in [0.2, 0.25) is 0 Å². The van der Waals surface area contributed by atoms with Crippen molar-refractivity contribution in [1.29, 1.82) is 0 Å². The molecule has 2 aromatic rings. The number of carbonyl (C=O) groups is 1. The first-order valence-corrected chi connectivity index (χ1v) is 6.87. The number of carbonyl (C=O) groups excluding carboxylic acids is 1. The highest BCUT2D eigenvalue weighted by molar-refractivity contribution is 6.09. The number of rotatable bonds is 3. The van der Waals surface area contributed by atoms with Crippen molar-refractivity contribution in [3.8, 4) is 0 Å². The van der Waals surface area contributed by atoms with Crippen LogP contribution in [0, 0.1) is 22.0 Å². The quantitative estimate of drug-likeness (QED) is 0.526. The molecule has 5 nitrogen and oxygen atoms in total. The second-order valence-electron chi connectivity index (χ2n) is 5.57. The zero-order chi connectivity index (χ0) is 14.3. The highest BCUT2D eigenvalue weighted by atomic mass is 16.6. The molecule has 0 spiro atoms. The van der Waals surface area contributed by atoms with Crippen molar-refractivity contribution in [2.75, 3.05) is 0 Å². The molecule has 0 amide bonds. The van der Waals surface area contributed by atoms with E-state index < -0.39 is 4.92 Å². The zero-order valence-electron chi connectivity index (χ0n) is 11.3. The number of aromatic nitrogens is 1. The molecule has 0 bridgehead atoms. The smallest absolute Gasteiger partial charge is 0.270 e. The summed E-state index contributed by atoms with van der Waals surface area (Å²) in [6, 6.07) is 4.59. The fraction of sp³-hybridized carbons (Fsp3) is 0.400. The molecular formula is C15H16N2O3. The second kappa shape index (κ2) is 4.74. The molecule has 104 valence electrons. The van der Waals surface area contributed by atoms with E-state index in [2.05, 4.69) is 11.9 Å². The lowest BCUT2D eigenvalue weighted by molar-refractivity contribution is -0.384. The molecule has 1 aliphatic rings. The Bertz CT molecular complexity index is 689. The van der Waals surface area contributed by atoms with Gasteiger partial charge in [0, 0.05) is 40.7 Å². The fourth-order valence-corrected chi connectivity index (χ4v) is 3.16.